The SMILES string of the molecule is CC[C@H]1CCC[C@H]1C(=O)NCCNC(=O)CC(C)(C)C. The summed E-state index contributed by atoms with van der Waals surface area (Å²) in [4.78, 5) is 23.7. The van der Waals surface area contributed by atoms with Crippen molar-refractivity contribution in [2.24, 2.45) is 17.3 Å². The van der Waals surface area contributed by atoms with Gasteiger partial charge >= 0.3 is 0 Å². The molecule has 20 heavy (non-hydrogen) atoms. The Morgan fingerprint density at radius 3 is 2.35 bits per heavy atom. The Morgan fingerprint density at radius 2 is 1.75 bits per heavy atom. The maximum absolute atomic E-state index is 12.1. The molecular weight excluding hydrogens is 252 g/mol. The molecule has 1 rings (SSSR count). The van der Waals surface area contributed by atoms with E-state index in [0.717, 1.165) is 12.8 Å². The van der Waals surface area contributed by atoms with Crippen molar-refractivity contribution < 1.29 is 9.59 Å². The number of hydrogen-bond acceptors (Lipinski definition) is 2. The molecule has 4 nitrogen and oxygen atoms in total. The third-order valence-electron chi connectivity index (χ3n) is 3.96. The van der Waals surface area contributed by atoms with Crippen LogP contribution in [-0.2, 0) is 9.59 Å². The van der Waals surface area contributed by atoms with Crippen LogP contribution in [0.15, 0.2) is 0 Å². The molecule has 116 valence electrons. The highest BCUT2D eigenvalue weighted by atomic mass is 16.2. The molecule has 0 spiro atoms. The van der Waals surface area contributed by atoms with E-state index in [1.54, 1.807) is 0 Å². The average Bonchev–Trinajstić information content (AvgIpc) is 2.80. The Bertz CT molecular complexity index is 334. The standard InChI is InChI=1S/C16H30N2O2/c1-5-12-7-6-8-13(12)15(20)18-10-9-17-14(19)11-16(2,3)4/h12-13H,5-11H2,1-4H3,(H,17,19)(H,18,20)/t12-,13+/m0/s1. The Labute approximate surface area is 123 Å². The summed E-state index contributed by atoms with van der Waals surface area (Å²) in [6.07, 6.45) is 4.96. The lowest BCUT2D eigenvalue weighted by molar-refractivity contribution is -0.126. The van der Waals surface area contributed by atoms with Crippen LogP contribution in [0.25, 0.3) is 0 Å². The summed E-state index contributed by atoms with van der Waals surface area (Å²) in [7, 11) is 0. The Balaban J connectivity index is 2.18. The highest BCUT2D eigenvalue weighted by molar-refractivity contribution is 5.79. The van der Waals surface area contributed by atoms with E-state index in [0.29, 0.717) is 25.4 Å². The van der Waals surface area contributed by atoms with Gasteiger partial charge in [0.15, 0.2) is 0 Å². The number of carbonyl (C=O) groups excluding carboxylic acids is 2. The Morgan fingerprint density at radius 1 is 1.10 bits per heavy atom. The van der Waals surface area contributed by atoms with Gasteiger partial charge in [-0.15, -0.1) is 0 Å². The van der Waals surface area contributed by atoms with E-state index in [-0.39, 0.29) is 23.1 Å². The normalized spacial score (nSPS) is 22.6. The zero-order valence-corrected chi connectivity index (χ0v) is 13.4. The van der Waals surface area contributed by atoms with E-state index in [1.807, 2.05) is 20.8 Å². The Hall–Kier alpha value is -1.06. The summed E-state index contributed by atoms with van der Waals surface area (Å²) >= 11 is 0. The van der Waals surface area contributed by atoms with Gasteiger partial charge in [-0.25, -0.2) is 0 Å². The van der Waals surface area contributed by atoms with Gasteiger partial charge in [-0.2, -0.15) is 0 Å². The zero-order chi connectivity index (χ0) is 15.2. The van der Waals surface area contributed by atoms with Crippen molar-refractivity contribution in [3.63, 3.8) is 0 Å². The van der Waals surface area contributed by atoms with Crippen LogP contribution in [0.3, 0.4) is 0 Å². The summed E-state index contributed by atoms with van der Waals surface area (Å²) < 4.78 is 0. The van der Waals surface area contributed by atoms with Crippen molar-refractivity contribution in [3.8, 4) is 0 Å². The number of rotatable bonds is 6. The van der Waals surface area contributed by atoms with Gasteiger partial charge in [-0.05, 0) is 24.2 Å². The first-order chi connectivity index (χ1) is 9.33. The first-order valence-corrected chi connectivity index (χ1v) is 7.88. The molecule has 0 radical (unpaired) electrons. The molecule has 0 aromatic heterocycles. The van der Waals surface area contributed by atoms with Crippen molar-refractivity contribution in [1.82, 2.24) is 10.6 Å². The number of amides is 2. The van der Waals surface area contributed by atoms with E-state index in [4.69, 9.17) is 0 Å². The molecule has 2 N–H and O–H groups in total. The monoisotopic (exact) mass is 282 g/mol. The maximum Gasteiger partial charge on any atom is 0.223 e. The minimum Gasteiger partial charge on any atom is -0.354 e. The number of hydrogen-bond donors (Lipinski definition) is 2. The molecule has 0 aromatic rings. The Kier molecular flexibility index (Phi) is 6.50. The van der Waals surface area contributed by atoms with Crippen LogP contribution in [0.5, 0.6) is 0 Å². The van der Waals surface area contributed by atoms with Gasteiger partial charge < -0.3 is 10.6 Å². The van der Waals surface area contributed by atoms with Gasteiger partial charge in [0, 0.05) is 25.4 Å². The van der Waals surface area contributed by atoms with Crippen molar-refractivity contribution >= 4 is 11.8 Å². The van der Waals surface area contributed by atoms with Crippen molar-refractivity contribution in [1.29, 1.82) is 0 Å². The molecule has 0 unspecified atom stereocenters. The minimum atomic E-state index is 0.00548. The van der Waals surface area contributed by atoms with Crippen LogP contribution in [0.2, 0.25) is 0 Å². The summed E-state index contributed by atoms with van der Waals surface area (Å²) in [6, 6.07) is 0. The van der Waals surface area contributed by atoms with E-state index in [1.165, 1.54) is 12.8 Å². The molecule has 0 aliphatic heterocycles. The second-order valence-electron chi connectivity index (χ2n) is 7.08. The molecule has 0 saturated heterocycles. The molecule has 0 bridgehead atoms. The van der Waals surface area contributed by atoms with Crippen LogP contribution in [0, 0.1) is 17.3 Å². The lowest BCUT2D eigenvalue weighted by Crippen LogP contribution is -2.39. The van der Waals surface area contributed by atoms with Crippen molar-refractivity contribution in [2.75, 3.05) is 13.1 Å². The summed E-state index contributed by atoms with van der Waals surface area (Å²) in [6.45, 7) is 9.33. The largest absolute Gasteiger partial charge is 0.354 e. The van der Waals surface area contributed by atoms with Gasteiger partial charge in [0.1, 0.15) is 0 Å². The molecular formula is C16H30N2O2. The van der Waals surface area contributed by atoms with Crippen molar-refractivity contribution in [2.45, 2.75) is 59.8 Å². The fraction of sp³-hybridized carbons (Fsp3) is 0.875. The van der Waals surface area contributed by atoms with E-state index >= 15 is 0 Å². The fourth-order valence-corrected chi connectivity index (χ4v) is 2.93. The van der Waals surface area contributed by atoms with E-state index < -0.39 is 0 Å². The van der Waals surface area contributed by atoms with Crippen LogP contribution >= 0.6 is 0 Å². The molecule has 1 fully saturated rings. The molecule has 1 aliphatic carbocycles. The van der Waals surface area contributed by atoms with E-state index in [2.05, 4.69) is 17.6 Å². The smallest absolute Gasteiger partial charge is 0.223 e. The summed E-state index contributed by atoms with van der Waals surface area (Å²) in [5.41, 5.74) is 0.00548. The van der Waals surface area contributed by atoms with Gasteiger partial charge in [-0.3, -0.25) is 9.59 Å². The van der Waals surface area contributed by atoms with Gasteiger partial charge in [-0.1, -0.05) is 40.5 Å². The lowest BCUT2D eigenvalue weighted by atomic mass is 9.92. The maximum atomic E-state index is 12.1. The molecule has 0 heterocycles. The van der Waals surface area contributed by atoms with Gasteiger partial charge in [0.05, 0.1) is 0 Å². The highest BCUT2D eigenvalue weighted by Gasteiger charge is 2.31. The summed E-state index contributed by atoms with van der Waals surface area (Å²) in [5.74, 6) is 0.953. The van der Waals surface area contributed by atoms with E-state index in [9.17, 15) is 9.59 Å². The van der Waals surface area contributed by atoms with Crippen LogP contribution in [0.4, 0.5) is 0 Å². The van der Waals surface area contributed by atoms with Crippen LogP contribution < -0.4 is 10.6 Å². The molecule has 0 aromatic carbocycles. The predicted octanol–water partition coefficient (Wildman–Crippen LogP) is 2.48. The van der Waals surface area contributed by atoms with Gasteiger partial charge in [0.25, 0.3) is 0 Å². The molecule has 2 atom stereocenters. The zero-order valence-electron chi connectivity index (χ0n) is 13.4. The molecule has 1 saturated carbocycles. The second-order valence-corrected chi connectivity index (χ2v) is 7.08. The molecule has 4 heteroatoms. The highest BCUT2D eigenvalue weighted by Crippen LogP contribution is 2.33. The first-order valence-electron chi connectivity index (χ1n) is 7.88. The fourth-order valence-electron chi connectivity index (χ4n) is 2.93. The number of carbonyl (C=O) groups is 2. The van der Waals surface area contributed by atoms with Crippen LogP contribution in [0.1, 0.15) is 59.8 Å². The molecule has 1 aliphatic rings. The lowest BCUT2D eigenvalue weighted by Gasteiger charge is -2.19. The third kappa shape index (κ3) is 5.93. The number of nitrogens with one attached hydrogen (secondary N) is 2. The summed E-state index contributed by atoms with van der Waals surface area (Å²) in [5, 5.41) is 5.81. The predicted molar refractivity (Wildman–Crippen MR) is 81.2 cm³/mol. The average molecular weight is 282 g/mol. The minimum absolute atomic E-state index is 0.00548. The molecule has 2 amide bonds. The third-order valence-corrected chi connectivity index (χ3v) is 3.96. The van der Waals surface area contributed by atoms with Crippen molar-refractivity contribution in [3.05, 3.63) is 0 Å². The second kappa shape index (κ2) is 7.65. The first kappa shape index (κ1) is 17.0. The topological polar surface area (TPSA) is 58.2 Å². The quantitative estimate of drug-likeness (QED) is 0.735. The van der Waals surface area contributed by atoms with Crippen LogP contribution in [-0.4, -0.2) is 24.9 Å². The van der Waals surface area contributed by atoms with Gasteiger partial charge in [0.2, 0.25) is 11.8 Å².